The van der Waals surface area contributed by atoms with Crippen LogP contribution in [0.25, 0.3) is 0 Å². The molecule has 0 amide bonds. The van der Waals surface area contributed by atoms with Crippen molar-refractivity contribution in [3.8, 4) is 0 Å². The topological polar surface area (TPSA) is 18.5 Å². The maximum absolute atomic E-state index is 3.74. The Labute approximate surface area is 131 Å². The van der Waals surface area contributed by atoms with E-state index in [1.165, 1.54) is 84.1 Å². The van der Waals surface area contributed by atoms with E-state index in [2.05, 4.69) is 22.0 Å². The van der Waals surface area contributed by atoms with Crippen LogP contribution in [0, 0.1) is 5.92 Å². The zero-order valence-corrected chi connectivity index (χ0v) is 14.0. The first kappa shape index (κ1) is 15.8. The summed E-state index contributed by atoms with van der Waals surface area (Å²) in [7, 11) is 0. The number of hydrogen-bond donors (Lipinski definition) is 1. The predicted octanol–water partition coefficient (Wildman–Crippen LogP) is 2.71. The molecule has 0 spiro atoms. The van der Waals surface area contributed by atoms with Gasteiger partial charge in [0.15, 0.2) is 0 Å². The minimum Gasteiger partial charge on any atom is -0.314 e. The van der Waals surface area contributed by atoms with Crippen molar-refractivity contribution in [1.82, 2.24) is 15.1 Å². The molecule has 3 heteroatoms. The number of nitrogens with one attached hydrogen (secondary N) is 1. The largest absolute Gasteiger partial charge is 0.314 e. The number of nitrogens with zero attached hydrogens (tertiary/aromatic N) is 2. The van der Waals surface area contributed by atoms with Gasteiger partial charge in [-0.05, 0) is 38.1 Å². The van der Waals surface area contributed by atoms with Crippen LogP contribution in [0.15, 0.2) is 0 Å². The maximum atomic E-state index is 3.74. The van der Waals surface area contributed by atoms with Crippen molar-refractivity contribution in [3.05, 3.63) is 0 Å². The molecule has 3 rings (SSSR count). The standard InChI is InChI=1S/C18H35N3/c1-2-19-18-10-6-3-7-16(18)15-20-11-13-21(14-12-20)17-8-4-5-9-17/h16-19H,2-15H2,1H3. The summed E-state index contributed by atoms with van der Waals surface area (Å²) >= 11 is 0. The summed E-state index contributed by atoms with van der Waals surface area (Å²) in [5.41, 5.74) is 0. The van der Waals surface area contributed by atoms with E-state index in [0.717, 1.165) is 24.5 Å². The first-order valence-corrected chi connectivity index (χ1v) is 9.56. The molecule has 3 aliphatic rings. The van der Waals surface area contributed by atoms with Gasteiger partial charge in [-0.1, -0.05) is 32.6 Å². The van der Waals surface area contributed by atoms with Gasteiger partial charge < -0.3 is 10.2 Å². The monoisotopic (exact) mass is 293 g/mol. The molecule has 2 unspecified atom stereocenters. The highest BCUT2D eigenvalue weighted by molar-refractivity contribution is 4.86. The molecule has 2 aliphatic carbocycles. The van der Waals surface area contributed by atoms with Gasteiger partial charge in [-0.15, -0.1) is 0 Å². The van der Waals surface area contributed by atoms with E-state index in [1.54, 1.807) is 0 Å². The van der Waals surface area contributed by atoms with Crippen molar-refractivity contribution in [1.29, 1.82) is 0 Å². The van der Waals surface area contributed by atoms with E-state index in [0.29, 0.717) is 0 Å². The fourth-order valence-electron chi connectivity index (χ4n) is 4.87. The average molecular weight is 293 g/mol. The first-order chi connectivity index (χ1) is 10.4. The third-order valence-electron chi connectivity index (χ3n) is 6.12. The van der Waals surface area contributed by atoms with E-state index >= 15 is 0 Å². The molecule has 0 radical (unpaired) electrons. The van der Waals surface area contributed by atoms with Crippen LogP contribution in [0.4, 0.5) is 0 Å². The molecule has 122 valence electrons. The lowest BCUT2D eigenvalue weighted by Crippen LogP contribution is -2.52. The Balaban J connectivity index is 1.43. The summed E-state index contributed by atoms with van der Waals surface area (Å²) < 4.78 is 0. The molecular formula is C18H35N3. The lowest BCUT2D eigenvalue weighted by Gasteiger charge is -2.41. The summed E-state index contributed by atoms with van der Waals surface area (Å²) in [6.07, 6.45) is 11.6. The summed E-state index contributed by atoms with van der Waals surface area (Å²) in [5.74, 6) is 0.900. The number of hydrogen-bond acceptors (Lipinski definition) is 3. The molecule has 3 nitrogen and oxygen atoms in total. The molecule has 1 heterocycles. The van der Waals surface area contributed by atoms with E-state index in [-0.39, 0.29) is 0 Å². The fourth-order valence-corrected chi connectivity index (χ4v) is 4.87. The first-order valence-electron chi connectivity index (χ1n) is 9.56. The van der Waals surface area contributed by atoms with Crippen LogP contribution < -0.4 is 5.32 Å². The number of rotatable bonds is 5. The molecule has 3 fully saturated rings. The van der Waals surface area contributed by atoms with Crippen LogP contribution in [-0.4, -0.2) is 61.2 Å². The Kier molecular flexibility index (Phi) is 5.96. The molecule has 0 aromatic rings. The van der Waals surface area contributed by atoms with Gasteiger partial charge in [-0.2, -0.15) is 0 Å². The van der Waals surface area contributed by atoms with E-state index in [9.17, 15) is 0 Å². The van der Waals surface area contributed by atoms with Crippen molar-refractivity contribution in [2.24, 2.45) is 5.92 Å². The van der Waals surface area contributed by atoms with Gasteiger partial charge >= 0.3 is 0 Å². The van der Waals surface area contributed by atoms with Crippen molar-refractivity contribution < 1.29 is 0 Å². The highest BCUT2D eigenvalue weighted by Crippen LogP contribution is 2.27. The fraction of sp³-hybridized carbons (Fsp3) is 1.00. The van der Waals surface area contributed by atoms with Crippen LogP contribution in [0.5, 0.6) is 0 Å². The van der Waals surface area contributed by atoms with Crippen molar-refractivity contribution >= 4 is 0 Å². The molecule has 0 aromatic heterocycles. The van der Waals surface area contributed by atoms with Gasteiger partial charge in [-0.25, -0.2) is 0 Å². The SMILES string of the molecule is CCNC1CCCCC1CN1CCN(C2CCCC2)CC1. The van der Waals surface area contributed by atoms with Gasteiger partial charge in [0.25, 0.3) is 0 Å². The third kappa shape index (κ3) is 4.20. The summed E-state index contributed by atoms with van der Waals surface area (Å²) in [5, 5.41) is 3.74. The zero-order valence-electron chi connectivity index (χ0n) is 14.0. The second kappa shape index (κ2) is 7.94. The summed E-state index contributed by atoms with van der Waals surface area (Å²) in [6.45, 7) is 10.0. The van der Waals surface area contributed by atoms with Crippen LogP contribution >= 0.6 is 0 Å². The van der Waals surface area contributed by atoms with Gasteiger partial charge in [0, 0.05) is 44.8 Å². The van der Waals surface area contributed by atoms with E-state index in [1.807, 2.05) is 0 Å². The molecule has 0 aromatic carbocycles. The highest BCUT2D eigenvalue weighted by Gasteiger charge is 2.29. The lowest BCUT2D eigenvalue weighted by atomic mass is 9.84. The molecule has 1 saturated heterocycles. The summed E-state index contributed by atoms with van der Waals surface area (Å²) in [4.78, 5) is 5.54. The smallest absolute Gasteiger partial charge is 0.0113 e. The Hall–Kier alpha value is -0.120. The van der Waals surface area contributed by atoms with Crippen LogP contribution in [0.3, 0.4) is 0 Å². The second-order valence-electron chi connectivity index (χ2n) is 7.48. The van der Waals surface area contributed by atoms with Gasteiger partial charge in [-0.3, -0.25) is 4.90 Å². The Morgan fingerprint density at radius 2 is 1.52 bits per heavy atom. The molecular weight excluding hydrogens is 258 g/mol. The van der Waals surface area contributed by atoms with Crippen LogP contribution in [0.2, 0.25) is 0 Å². The van der Waals surface area contributed by atoms with Crippen molar-refractivity contribution in [2.75, 3.05) is 39.3 Å². The number of piperazine rings is 1. The van der Waals surface area contributed by atoms with Crippen molar-refractivity contribution in [3.63, 3.8) is 0 Å². The van der Waals surface area contributed by atoms with Crippen LogP contribution in [0.1, 0.15) is 58.3 Å². The van der Waals surface area contributed by atoms with Gasteiger partial charge in [0.05, 0.1) is 0 Å². The molecule has 2 atom stereocenters. The zero-order chi connectivity index (χ0) is 14.5. The molecule has 0 bridgehead atoms. The van der Waals surface area contributed by atoms with Gasteiger partial charge in [0.2, 0.25) is 0 Å². The second-order valence-corrected chi connectivity index (χ2v) is 7.48. The average Bonchev–Trinajstić information content (AvgIpc) is 3.05. The molecule has 1 aliphatic heterocycles. The maximum Gasteiger partial charge on any atom is 0.0113 e. The van der Waals surface area contributed by atoms with E-state index in [4.69, 9.17) is 0 Å². The highest BCUT2D eigenvalue weighted by atomic mass is 15.3. The minimum absolute atomic E-state index is 0.789. The predicted molar refractivity (Wildman–Crippen MR) is 89.7 cm³/mol. The molecule has 1 N–H and O–H groups in total. The molecule has 21 heavy (non-hydrogen) atoms. The minimum atomic E-state index is 0.789. The normalized spacial score (nSPS) is 33.6. The van der Waals surface area contributed by atoms with Crippen molar-refractivity contribution in [2.45, 2.75) is 70.4 Å². The quantitative estimate of drug-likeness (QED) is 0.841. The van der Waals surface area contributed by atoms with Gasteiger partial charge in [0.1, 0.15) is 0 Å². The summed E-state index contributed by atoms with van der Waals surface area (Å²) in [6, 6.07) is 1.72. The van der Waals surface area contributed by atoms with Crippen LogP contribution in [-0.2, 0) is 0 Å². The Morgan fingerprint density at radius 1 is 0.857 bits per heavy atom. The Bertz CT molecular complexity index is 291. The lowest BCUT2D eigenvalue weighted by molar-refractivity contribution is 0.0760. The third-order valence-corrected chi connectivity index (χ3v) is 6.12. The molecule has 2 saturated carbocycles. The Morgan fingerprint density at radius 3 is 2.24 bits per heavy atom. The van der Waals surface area contributed by atoms with E-state index < -0.39 is 0 Å².